The number of hydrogen-bond acceptors (Lipinski definition) is 2. The van der Waals surface area contributed by atoms with E-state index in [0.717, 1.165) is 11.6 Å². The third-order valence-corrected chi connectivity index (χ3v) is 7.11. The van der Waals surface area contributed by atoms with Crippen LogP contribution in [0.4, 0.5) is 26.3 Å². The summed E-state index contributed by atoms with van der Waals surface area (Å²) in [5.41, 5.74) is -1.56. The topological polar surface area (TPSA) is 51.1 Å². The van der Waals surface area contributed by atoms with E-state index < -0.39 is 33.5 Å². The summed E-state index contributed by atoms with van der Waals surface area (Å²) in [4.78, 5) is 0. The van der Waals surface area contributed by atoms with Gasteiger partial charge in [0.1, 0.15) is 0 Å². The number of sulfonamides is 1. The van der Waals surface area contributed by atoms with E-state index in [9.17, 15) is 34.8 Å². The summed E-state index contributed by atoms with van der Waals surface area (Å²) in [5.74, 6) is -0.0628. The van der Waals surface area contributed by atoms with Crippen LogP contribution in [0.2, 0.25) is 0 Å². The standard InChI is InChI=1S/C25H28F6N2O2S/c1-5-36(34,35)32-10-11-33-15-17(14-23(2,3)4)20-12-16(6-9-22(20)33)19-8-7-18(24(26,27)28)13-21(19)25(29,30)31/h6-9,12-13,15,32H,5,10-11,14H2,1-4H3. The molecule has 4 nitrogen and oxygen atoms in total. The molecule has 3 rings (SSSR count). The van der Waals surface area contributed by atoms with Gasteiger partial charge >= 0.3 is 12.4 Å². The van der Waals surface area contributed by atoms with E-state index in [4.69, 9.17) is 0 Å². The van der Waals surface area contributed by atoms with Crippen LogP contribution in [0.5, 0.6) is 0 Å². The minimum atomic E-state index is -4.98. The first-order chi connectivity index (χ1) is 16.4. The monoisotopic (exact) mass is 534 g/mol. The molecule has 1 N–H and O–H groups in total. The van der Waals surface area contributed by atoms with Crippen LogP contribution in [-0.2, 0) is 35.3 Å². The van der Waals surface area contributed by atoms with Crippen LogP contribution in [0.15, 0.2) is 42.6 Å². The maximum absolute atomic E-state index is 13.8. The molecule has 1 aromatic heterocycles. The first-order valence-corrected chi connectivity index (χ1v) is 12.9. The summed E-state index contributed by atoms with van der Waals surface area (Å²) in [6, 6.07) is 6.25. The Hall–Kier alpha value is -2.53. The van der Waals surface area contributed by atoms with Crippen molar-refractivity contribution in [3.05, 3.63) is 59.3 Å². The van der Waals surface area contributed by atoms with Crippen molar-refractivity contribution in [2.45, 2.75) is 53.0 Å². The van der Waals surface area contributed by atoms with Crippen LogP contribution >= 0.6 is 0 Å². The maximum Gasteiger partial charge on any atom is 0.417 e. The Kier molecular flexibility index (Phi) is 7.59. The molecule has 2 aromatic carbocycles. The molecule has 0 atom stereocenters. The van der Waals surface area contributed by atoms with Gasteiger partial charge in [0.05, 0.1) is 16.9 Å². The maximum atomic E-state index is 13.8. The van der Waals surface area contributed by atoms with Crippen molar-refractivity contribution in [2.75, 3.05) is 12.3 Å². The third-order valence-electron chi connectivity index (χ3n) is 5.70. The van der Waals surface area contributed by atoms with Crippen LogP contribution in [-0.4, -0.2) is 25.3 Å². The highest BCUT2D eigenvalue weighted by Gasteiger charge is 2.38. The van der Waals surface area contributed by atoms with Gasteiger partial charge in [0.25, 0.3) is 0 Å². The lowest BCUT2D eigenvalue weighted by Crippen LogP contribution is -2.28. The molecule has 0 unspecified atom stereocenters. The molecule has 0 saturated carbocycles. The molecule has 0 aliphatic carbocycles. The van der Waals surface area contributed by atoms with Gasteiger partial charge in [-0.3, -0.25) is 0 Å². The zero-order valence-electron chi connectivity index (χ0n) is 20.3. The summed E-state index contributed by atoms with van der Waals surface area (Å²) in [6.45, 7) is 7.97. The number of benzene rings is 2. The number of nitrogens with one attached hydrogen (secondary N) is 1. The highest BCUT2D eigenvalue weighted by molar-refractivity contribution is 7.89. The van der Waals surface area contributed by atoms with Crippen LogP contribution in [0.25, 0.3) is 22.0 Å². The van der Waals surface area contributed by atoms with Gasteiger partial charge in [0.15, 0.2) is 0 Å². The number of fused-ring (bicyclic) bond motifs is 1. The van der Waals surface area contributed by atoms with E-state index in [2.05, 4.69) is 4.72 Å². The number of aromatic nitrogens is 1. The van der Waals surface area contributed by atoms with Gasteiger partial charge in [-0.1, -0.05) is 32.9 Å². The van der Waals surface area contributed by atoms with Crippen molar-refractivity contribution in [1.29, 1.82) is 0 Å². The molecule has 0 fully saturated rings. The van der Waals surface area contributed by atoms with Crippen molar-refractivity contribution in [3.63, 3.8) is 0 Å². The lowest BCUT2D eigenvalue weighted by molar-refractivity contribution is -0.142. The molecule has 0 saturated heterocycles. The second kappa shape index (κ2) is 9.74. The Morgan fingerprint density at radius 3 is 2.14 bits per heavy atom. The van der Waals surface area contributed by atoms with Gasteiger partial charge in [-0.25, -0.2) is 13.1 Å². The number of alkyl halides is 6. The predicted molar refractivity (Wildman–Crippen MR) is 128 cm³/mol. The van der Waals surface area contributed by atoms with Crippen molar-refractivity contribution in [2.24, 2.45) is 5.41 Å². The van der Waals surface area contributed by atoms with Crippen molar-refractivity contribution in [3.8, 4) is 11.1 Å². The third kappa shape index (κ3) is 6.61. The van der Waals surface area contributed by atoms with Crippen LogP contribution in [0.3, 0.4) is 0 Å². The summed E-state index contributed by atoms with van der Waals surface area (Å²) in [5, 5.41) is 0.661. The van der Waals surface area contributed by atoms with E-state index in [-0.39, 0.29) is 34.9 Å². The van der Waals surface area contributed by atoms with Crippen molar-refractivity contribution in [1.82, 2.24) is 9.29 Å². The SMILES string of the molecule is CCS(=O)(=O)NCCn1cc(CC(C)(C)C)c2cc(-c3ccc(C(F)(F)F)cc3C(F)(F)F)ccc21. The fourth-order valence-corrected chi connectivity index (χ4v) is 4.67. The first-order valence-electron chi connectivity index (χ1n) is 11.3. The molecule has 11 heteroatoms. The molecule has 0 bridgehead atoms. The normalized spacial score (nSPS) is 13.5. The molecule has 3 aromatic rings. The zero-order valence-corrected chi connectivity index (χ0v) is 21.1. The summed E-state index contributed by atoms with van der Waals surface area (Å²) in [6.07, 6.45) is -7.46. The highest BCUT2D eigenvalue weighted by Crippen LogP contribution is 2.42. The van der Waals surface area contributed by atoms with Gasteiger partial charge in [0.2, 0.25) is 10.0 Å². The van der Waals surface area contributed by atoms with E-state index in [1.807, 2.05) is 31.5 Å². The zero-order chi connectivity index (χ0) is 27.1. The molecule has 0 aliphatic rings. The molecule has 0 radical (unpaired) electrons. The molecular formula is C25H28F6N2O2S. The highest BCUT2D eigenvalue weighted by atomic mass is 32.2. The lowest BCUT2D eigenvalue weighted by Gasteiger charge is -2.18. The smallest absolute Gasteiger partial charge is 0.346 e. The van der Waals surface area contributed by atoms with Crippen molar-refractivity contribution < 1.29 is 34.8 Å². The average molecular weight is 535 g/mol. The fraction of sp³-hybridized carbons (Fsp3) is 0.440. The summed E-state index contributed by atoms with van der Waals surface area (Å²) in [7, 11) is -3.39. The number of nitrogens with zero attached hydrogens (tertiary/aromatic N) is 1. The molecule has 36 heavy (non-hydrogen) atoms. The summed E-state index contributed by atoms with van der Waals surface area (Å²) < 4.78 is 108. The van der Waals surface area contributed by atoms with Gasteiger partial charge in [-0.05, 0) is 59.7 Å². The van der Waals surface area contributed by atoms with Gasteiger partial charge in [-0.2, -0.15) is 26.3 Å². The van der Waals surface area contributed by atoms with Crippen LogP contribution in [0.1, 0.15) is 44.4 Å². The Bertz CT molecular complexity index is 1350. The van der Waals surface area contributed by atoms with E-state index in [0.29, 0.717) is 29.9 Å². The Labute approximate surface area is 206 Å². The molecule has 198 valence electrons. The summed E-state index contributed by atoms with van der Waals surface area (Å²) >= 11 is 0. The van der Waals surface area contributed by atoms with Crippen LogP contribution in [0, 0.1) is 5.41 Å². The van der Waals surface area contributed by atoms with Gasteiger partial charge in [0, 0.05) is 30.2 Å². The van der Waals surface area contributed by atoms with Gasteiger partial charge < -0.3 is 4.57 Å². The minimum Gasteiger partial charge on any atom is -0.346 e. The Morgan fingerprint density at radius 2 is 1.58 bits per heavy atom. The fourth-order valence-electron chi connectivity index (χ4n) is 4.07. The average Bonchev–Trinajstić information content (AvgIpc) is 3.07. The molecule has 0 amide bonds. The molecule has 0 aliphatic heterocycles. The first kappa shape index (κ1) is 28.0. The Morgan fingerprint density at radius 1 is 0.917 bits per heavy atom. The quantitative estimate of drug-likeness (QED) is 0.336. The van der Waals surface area contributed by atoms with Crippen LogP contribution < -0.4 is 4.72 Å². The largest absolute Gasteiger partial charge is 0.417 e. The second-order valence-electron chi connectivity index (χ2n) is 9.87. The number of halogens is 6. The van der Waals surface area contributed by atoms with E-state index in [1.165, 1.54) is 13.0 Å². The molecule has 0 spiro atoms. The minimum absolute atomic E-state index is 0.0628. The lowest BCUT2D eigenvalue weighted by atomic mass is 9.87. The van der Waals surface area contributed by atoms with E-state index in [1.54, 1.807) is 12.1 Å². The Balaban J connectivity index is 2.13. The van der Waals surface area contributed by atoms with E-state index >= 15 is 0 Å². The number of rotatable bonds is 7. The van der Waals surface area contributed by atoms with Crippen molar-refractivity contribution >= 4 is 20.9 Å². The second-order valence-corrected chi connectivity index (χ2v) is 12.0. The number of hydrogen-bond donors (Lipinski definition) is 1. The van der Waals surface area contributed by atoms with Gasteiger partial charge in [-0.15, -0.1) is 0 Å². The molecule has 1 heterocycles. The predicted octanol–water partition coefficient (Wildman–Crippen LogP) is 6.87. The molecular weight excluding hydrogens is 506 g/mol.